The van der Waals surface area contributed by atoms with Gasteiger partial charge in [-0.1, -0.05) is 11.6 Å². The van der Waals surface area contributed by atoms with Gasteiger partial charge in [0.05, 0.1) is 12.3 Å². The lowest BCUT2D eigenvalue weighted by atomic mass is 10.2. The lowest BCUT2D eigenvalue weighted by Crippen LogP contribution is -2.11. The van der Waals surface area contributed by atoms with Crippen LogP contribution in [0.1, 0.15) is 20.8 Å². The summed E-state index contributed by atoms with van der Waals surface area (Å²) in [7, 11) is 0. The molecule has 0 saturated carbocycles. The molecule has 0 aliphatic heterocycles. The van der Waals surface area contributed by atoms with Gasteiger partial charge in [0, 0.05) is 11.1 Å². The molecule has 14 heavy (non-hydrogen) atoms. The molecule has 0 amide bonds. The van der Waals surface area contributed by atoms with Gasteiger partial charge in [-0.2, -0.15) is 0 Å². The molecule has 0 aromatic heterocycles. The van der Waals surface area contributed by atoms with Gasteiger partial charge < -0.3 is 10.1 Å². The van der Waals surface area contributed by atoms with Crippen LogP contribution in [0.4, 0.5) is 5.69 Å². The first kappa shape index (κ1) is 11.2. The maximum absolute atomic E-state index is 5.90. The molecule has 1 rings (SSSR count). The van der Waals surface area contributed by atoms with E-state index in [-0.39, 0.29) is 0 Å². The van der Waals surface area contributed by atoms with Crippen molar-refractivity contribution in [2.45, 2.75) is 26.8 Å². The van der Waals surface area contributed by atoms with E-state index in [1.165, 1.54) is 0 Å². The minimum atomic E-state index is 0.368. The second-order valence-electron chi connectivity index (χ2n) is 3.37. The van der Waals surface area contributed by atoms with Gasteiger partial charge in [0.15, 0.2) is 0 Å². The summed E-state index contributed by atoms with van der Waals surface area (Å²) in [5.74, 6) is 0.852. The van der Waals surface area contributed by atoms with Crippen LogP contribution in [0.2, 0.25) is 5.02 Å². The van der Waals surface area contributed by atoms with Gasteiger partial charge in [-0.15, -0.1) is 0 Å². The highest BCUT2D eigenvalue weighted by Gasteiger charge is 2.04. The van der Waals surface area contributed by atoms with Crippen molar-refractivity contribution in [3.05, 3.63) is 23.2 Å². The average molecular weight is 214 g/mol. The van der Waals surface area contributed by atoms with Crippen molar-refractivity contribution in [3.63, 3.8) is 0 Å². The van der Waals surface area contributed by atoms with E-state index in [4.69, 9.17) is 16.3 Å². The standard InChI is InChI=1S/C11H16ClNO/c1-4-14-11-6-5-9(12)7-10(11)13-8(2)3/h5-8,13H,4H2,1-3H3. The van der Waals surface area contributed by atoms with E-state index >= 15 is 0 Å². The Hall–Kier alpha value is -0.890. The lowest BCUT2D eigenvalue weighted by molar-refractivity contribution is 0.341. The third kappa shape index (κ3) is 3.11. The third-order valence-corrected chi connectivity index (χ3v) is 1.92. The smallest absolute Gasteiger partial charge is 0.142 e. The number of benzene rings is 1. The molecule has 78 valence electrons. The molecular formula is C11H16ClNO. The van der Waals surface area contributed by atoms with E-state index in [1.54, 1.807) is 0 Å². The highest BCUT2D eigenvalue weighted by atomic mass is 35.5. The molecular weight excluding hydrogens is 198 g/mol. The summed E-state index contributed by atoms with van der Waals surface area (Å²) in [5.41, 5.74) is 0.953. The van der Waals surface area contributed by atoms with Gasteiger partial charge in [-0.3, -0.25) is 0 Å². The second kappa shape index (κ2) is 5.11. The summed E-state index contributed by atoms with van der Waals surface area (Å²) >= 11 is 5.90. The monoisotopic (exact) mass is 213 g/mol. The highest BCUT2D eigenvalue weighted by molar-refractivity contribution is 6.30. The molecule has 0 aliphatic carbocycles. The molecule has 0 unspecified atom stereocenters. The van der Waals surface area contributed by atoms with Crippen LogP contribution in [0.15, 0.2) is 18.2 Å². The molecule has 0 atom stereocenters. The first-order valence-electron chi connectivity index (χ1n) is 4.82. The number of hydrogen-bond donors (Lipinski definition) is 1. The third-order valence-electron chi connectivity index (χ3n) is 1.69. The van der Waals surface area contributed by atoms with Crippen LogP contribution < -0.4 is 10.1 Å². The Labute approximate surface area is 90.2 Å². The molecule has 0 radical (unpaired) electrons. The summed E-state index contributed by atoms with van der Waals surface area (Å²) in [5, 5.41) is 4.01. The summed E-state index contributed by atoms with van der Waals surface area (Å²) < 4.78 is 5.47. The number of ether oxygens (including phenoxy) is 1. The zero-order valence-electron chi connectivity index (χ0n) is 8.80. The minimum Gasteiger partial charge on any atom is -0.492 e. The van der Waals surface area contributed by atoms with Gasteiger partial charge >= 0.3 is 0 Å². The predicted molar refractivity (Wildman–Crippen MR) is 61.4 cm³/mol. The SMILES string of the molecule is CCOc1ccc(Cl)cc1NC(C)C. The minimum absolute atomic E-state index is 0.368. The molecule has 0 heterocycles. The maximum Gasteiger partial charge on any atom is 0.142 e. The first-order chi connectivity index (χ1) is 6.63. The molecule has 1 aromatic rings. The van der Waals surface area contributed by atoms with Gasteiger partial charge in [0.1, 0.15) is 5.75 Å². The molecule has 0 saturated heterocycles. The van der Waals surface area contributed by atoms with E-state index < -0.39 is 0 Å². The fraction of sp³-hybridized carbons (Fsp3) is 0.455. The Kier molecular flexibility index (Phi) is 4.08. The number of nitrogens with one attached hydrogen (secondary N) is 1. The molecule has 0 aliphatic rings. The summed E-state index contributed by atoms with van der Waals surface area (Å²) in [4.78, 5) is 0. The fourth-order valence-electron chi connectivity index (χ4n) is 1.21. The first-order valence-corrected chi connectivity index (χ1v) is 5.20. The zero-order valence-corrected chi connectivity index (χ0v) is 9.56. The number of anilines is 1. The lowest BCUT2D eigenvalue weighted by Gasteiger charge is -2.14. The van der Waals surface area contributed by atoms with Crippen LogP contribution in [0.5, 0.6) is 5.75 Å². The van der Waals surface area contributed by atoms with Crippen molar-refractivity contribution in [1.82, 2.24) is 0 Å². The van der Waals surface area contributed by atoms with Crippen LogP contribution in [-0.2, 0) is 0 Å². The normalized spacial score (nSPS) is 10.4. The van der Waals surface area contributed by atoms with Gasteiger partial charge in [0.25, 0.3) is 0 Å². The van der Waals surface area contributed by atoms with Crippen molar-refractivity contribution in [1.29, 1.82) is 0 Å². The molecule has 0 spiro atoms. The molecule has 1 N–H and O–H groups in total. The number of halogens is 1. The fourth-order valence-corrected chi connectivity index (χ4v) is 1.38. The van der Waals surface area contributed by atoms with E-state index in [2.05, 4.69) is 19.2 Å². The Morgan fingerprint density at radius 3 is 2.71 bits per heavy atom. The summed E-state index contributed by atoms with van der Waals surface area (Å²) in [6, 6.07) is 5.97. The molecule has 0 fully saturated rings. The van der Waals surface area contributed by atoms with Gasteiger partial charge in [-0.05, 0) is 39.0 Å². The number of hydrogen-bond acceptors (Lipinski definition) is 2. The molecule has 0 bridgehead atoms. The largest absolute Gasteiger partial charge is 0.492 e. The predicted octanol–water partition coefficient (Wildman–Crippen LogP) is 3.56. The Bertz CT molecular complexity index is 299. The van der Waals surface area contributed by atoms with Crippen LogP contribution >= 0.6 is 11.6 Å². The van der Waals surface area contributed by atoms with Crippen LogP contribution in [0.25, 0.3) is 0 Å². The zero-order chi connectivity index (χ0) is 10.6. The average Bonchev–Trinajstić information content (AvgIpc) is 2.09. The Morgan fingerprint density at radius 1 is 1.43 bits per heavy atom. The Balaban J connectivity index is 2.90. The molecule has 3 heteroatoms. The highest BCUT2D eigenvalue weighted by Crippen LogP contribution is 2.28. The van der Waals surface area contributed by atoms with Crippen molar-refractivity contribution < 1.29 is 4.74 Å². The molecule has 1 aromatic carbocycles. The van der Waals surface area contributed by atoms with Crippen LogP contribution in [0, 0.1) is 0 Å². The van der Waals surface area contributed by atoms with E-state index in [0.717, 1.165) is 16.5 Å². The van der Waals surface area contributed by atoms with Crippen molar-refractivity contribution >= 4 is 17.3 Å². The Morgan fingerprint density at radius 2 is 2.14 bits per heavy atom. The van der Waals surface area contributed by atoms with Crippen LogP contribution in [-0.4, -0.2) is 12.6 Å². The summed E-state index contributed by atoms with van der Waals surface area (Å²) in [6.45, 7) is 6.79. The summed E-state index contributed by atoms with van der Waals surface area (Å²) in [6.07, 6.45) is 0. The van der Waals surface area contributed by atoms with Crippen molar-refractivity contribution in [2.75, 3.05) is 11.9 Å². The van der Waals surface area contributed by atoms with E-state index in [9.17, 15) is 0 Å². The van der Waals surface area contributed by atoms with Crippen molar-refractivity contribution in [2.24, 2.45) is 0 Å². The molecule has 2 nitrogen and oxygen atoms in total. The maximum atomic E-state index is 5.90. The van der Waals surface area contributed by atoms with Gasteiger partial charge in [0.2, 0.25) is 0 Å². The van der Waals surface area contributed by atoms with Gasteiger partial charge in [-0.25, -0.2) is 0 Å². The van der Waals surface area contributed by atoms with Crippen LogP contribution in [0.3, 0.4) is 0 Å². The second-order valence-corrected chi connectivity index (χ2v) is 3.81. The van der Waals surface area contributed by atoms with E-state index in [1.807, 2.05) is 25.1 Å². The quantitative estimate of drug-likeness (QED) is 0.826. The topological polar surface area (TPSA) is 21.3 Å². The number of rotatable bonds is 4. The van der Waals surface area contributed by atoms with Crippen molar-refractivity contribution in [3.8, 4) is 5.75 Å². The van der Waals surface area contributed by atoms with E-state index in [0.29, 0.717) is 12.6 Å².